The Labute approximate surface area is 125 Å². The van der Waals surface area contributed by atoms with Crippen molar-refractivity contribution in [1.82, 2.24) is 5.32 Å². The first-order valence-electron chi connectivity index (χ1n) is 7.67. The molecule has 1 aliphatic rings. The number of aliphatic hydroxyl groups excluding tert-OH is 1. The van der Waals surface area contributed by atoms with E-state index in [1.807, 2.05) is 0 Å². The molecular weight excluding hydrogens is 270 g/mol. The van der Waals surface area contributed by atoms with E-state index in [1.165, 1.54) is 26.4 Å². The number of rotatable bonds is 5. The Hall–Kier alpha value is -1.33. The minimum Gasteiger partial charge on any atom is -0.465 e. The fraction of sp³-hybridized carbons (Fsp3) is 0.688. The second-order valence-electron chi connectivity index (χ2n) is 5.74. The van der Waals surface area contributed by atoms with E-state index in [1.54, 1.807) is 13.0 Å². The number of furan rings is 1. The number of methoxy groups -OCH3 is 1. The molecule has 0 spiro atoms. The van der Waals surface area contributed by atoms with Crippen LogP contribution in [0, 0.1) is 12.8 Å². The molecule has 1 heterocycles. The Morgan fingerprint density at radius 1 is 1.43 bits per heavy atom. The van der Waals surface area contributed by atoms with Crippen molar-refractivity contribution in [2.45, 2.75) is 51.6 Å². The lowest BCUT2D eigenvalue weighted by Crippen LogP contribution is -2.36. The van der Waals surface area contributed by atoms with E-state index < -0.39 is 0 Å². The van der Waals surface area contributed by atoms with Crippen molar-refractivity contribution in [3.05, 3.63) is 23.2 Å². The molecule has 1 aromatic heterocycles. The molecule has 0 aromatic carbocycles. The average Bonchev–Trinajstić information content (AvgIpc) is 2.72. The van der Waals surface area contributed by atoms with Crippen molar-refractivity contribution in [3.63, 3.8) is 0 Å². The first kappa shape index (κ1) is 16.0. The molecule has 0 saturated heterocycles. The highest BCUT2D eigenvalue weighted by Gasteiger charge is 2.23. The van der Waals surface area contributed by atoms with Crippen molar-refractivity contribution in [2.75, 3.05) is 13.7 Å². The van der Waals surface area contributed by atoms with Crippen LogP contribution in [0.15, 0.2) is 10.5 Å². The lowest BCUT2D eigenvalue weighted by molar-refractivity contribution is 0.0599. The highest BCUT2D eigenvalue weighted by molar-refractivity contribution is 5.90. The summed E-state index contributed by atoms with van der Waals surface area (Å²) in [6.07, 6.45) is 5.77. The zero-order chi connectivity index (χ0) is 15.2. The molecule has 21 heavy (non-hydrogen) atoms. The fourth-order valence-corrected chi connectivity index (χ4v) is 3.05. The topological polar surface area (TPSA) is 71.7 Å². The predicted octanol–water partition coefficient (Wildman–Crippen LogP) is 2.41. The summed E-state index contributed by atoms with van der Waals surface area (Å²) in [5, 5.41) is 13.0. The minimum atomic E-state index is -0.370. The maximum atomic E-state index is 11.6. The molecule has 1 aromatic rings. The summed E-state index contributed by atoms with van der Waals surface area (Å²) in [4.78, 5) is 11.6. The second kappa shape index (κ2) is 7.61. The molecule has 0 amide bonds. The van der Waals surface area contributed by atoms with E-state index >= 15 is 0 Å². The van der Waals surface area contributed by atoms with Crippen molar-refractivity contribution < 1.29 is 19.1 Å². The van der Waals surface area contributed by atoms with Gasteiger partial charge in [-0.15, -0.1) is 0 Å². The van der Waals surface area contributed by atoms with Crippen LogP contribution in [-0.4, -0.2) is 30.8 Å². The largest absolute Gasteiger partial charge is 0.465 e. The van der Waals surface area contributed by atoms with Crippen LogP contribution in [0.5, 0.6) is 0 Å². The SMILES string of the molecule is COC(=O)c1cc(CNC2CCCCCC2CO)oc1C. The third-order valence-electron chi connectivity index (χ3n) is 4.31. The van der Waals surface area contributed by atoms with Gasteiger partial charge in [-0.2, -0.15) is 0 Å². The standard InChI is InChI=1S/C16H25NO4/c1-11-14(16(19)20-2)8-13(21-11)9-17-15-7-5-3-4-6-12(15)10-18/h8,12,15,17-18H,3-7,9-10H2,1-2H3. The lowest BCUT2D eigenvalue weighted by Gasteiger charge is -2.24. The fourth-order valence-electron chi connectivity index (χ4n) is 3.05. The summed E-state index contributed by atoms with van der Waals surface area (Å²) in [6, 6.07) is 2.04. The quantitative estimate of drug-likeness (QED) is 0.645. The molecule has 118 valence electrons. The average molecular weight is 295 g/mol. The first-order valence-corrected chi connectivity index (χ1v) is 7.67. The number of hydrogen-bond donors (Lipinski definition) is 2. The molecule has 0 bridgehead atoms. The maximum Gasteiger partial charge on any atom is 0.341 e. The van der Waals surface area contributed by atoms with Crippen LogP contribution in [0.25, 0.3) is 0 Å². The van der Waals surface area contributed by atoms with Crippen molar-refractivity contribution in [1.29, 1.82) is 0 Å². The zero-order valence-electron chi connectivity index (χ0n) is 12.9. The number of hydrogen-bond acceptors (Lipinski definition) is 5. The van der Waals surface area contributed by atoms with Gasteiger partial charge in [0.05, 0.1) is 13.7 Å². The van der Waals surface area contributed by atoms with Crippen LogP contribution in [0.2, 0.25) is 0 Å². The zero-order valence-corrected chi connectivity index (χ0v) is 12.9. The molecule has 0 aliphatic heterocycles. The van der Waals surface area contributed by atoms with E-state index in [0.717, 1.165) is 18.6 Å². The summed E-state index contributed by atoms with van der Waals surface area (Å²) in [5.41, 5.74) is 0.480. The number of carbonyl (C=O) groups excluding carboxylic acids is 1. The lowest BCUT2D eigenvalue weighted by atomic mass is 9.95. The summed E-state index contributed by atoms with van der Waals surface area (Å²) >= 11 is 0. The molecule has 2 N–H and O–H groups in total. The number of nitrogens with one attached hydrogen (secondary N) is 1. The highest BCUT2D eigenvalue weighted by atomic mass is 16.5. The van der Waals surface area contributed by atoms with E-state index in [0.29, 0.717) is 29.8 Å². The van der Waals surface area contributed by atoms with Crippen molar-refractivity contribution in [2.24, 2.45) is 5.92 Å². The first-order chi connectivity index (χ1) is 10.2. The van der Waals surface area contributed by atoms with Crippen LogP contribution in [-0.2, 0) is 11.3 Å². The van der Waals surface area contributed by atoms with Gasteiger partial charge in [-0.05, 0) is 31.7 Å². The molecule has 1 saturated carbocycles. The molecule has 1 aliphatic carbocycles. The van der Waals surface area contributed by atoms with Crippen molar-refractivity contribution in [3.8, 4) is 0 Å². The normalized spacial score (nSPS) is 22.8. The Bertz CT molecular complexity index is 469. The van der Waals surface area contributed by atoms with Crippen molar-refractivity contribution >= 4 is 5.97 Å². The minimum absolute atomic E-state index is 0.224. The smallest absolute Gasteiger partial charge is 0.341 e. The van der Waals surface area contributed by atoms with E-state index in [-0.39, 0.29) is 12.6 Å². The van der Waals surface area contributed by atoms with E-state index in [4.69, 9.17) is 9.15 Å². The molecule has 2 unspecified atom stereocenters. The molecule has 5 heteroatoms. The van der Waals surface area contributed by atoms with E-state index in [9.17, 15) is 9.90 Å². The number of aryl methyl sites for hydroxylation is 1. The predicted molar refractivity (Wildman–Crippen MR) is 79.1 cm³/mol. The number of ether oxygens (including phenoxy) is 1. The Morgan fingerprint density at radius 3 is 2.90 bits per heavy atom. The Balaban J connectivity index is 1.96. The van der Waals surface area contributed by atoms with Gasteiger partial charge >= 0.3 is 5.97 Å². The third kappa shape index (κ3) is 4.08. The Morgan fingerprint density at radius 2 is 2.19 bits per heavy atom. The summed E-state index contributed by atoms with van der Waals surface area (Å²) in [5.74, 6) is 1.25. The van der Waals surface area contributed by atoms with Gasteiger partial charge in [0.25, 0.3) is 0 Å². The summed E-state index contributed by atoms with van der Waals surface area (Å²) in [6.45, 7) is 2.55. The monoisotopic (exact) mass is 295 g/mol. The molecule has 1 fully saturated rings. The second-order valence-corrected chi connectivity index (χ2v) is 5.74. The molecule has 0 radical (unpaired) electrons. The van der Waals surface area contributed by atoms with Crippen LogP contribution in [0.1, 0.15) is 54.0 Å². The Kier molecular flexibility index (Phi) is 5.82. The van der Waals surface area contributed by atoms with Gasteiger partial charge in [-0.3, -0.25) is 0 Å². The molecule has 2 rings (SSSR count). The van der Waals surface area contributed by atoms with Crippen LogP contribution in [0.3, 0.4) is 0 Å². The van der Waals surface area contributed by atoms with Gasteiger partial charge in [0.2, 0.25) is 0 Å². The number of carbonyl (C=O) groups is 1. The number of aliphatic hydroxyl groups is 1. The van der Waals surface area contributed by atoms with Crippen LogP contribution < -0.4 is 5.32 Å². The molecule has 5 nitrogen and oxygen atoms in total. The van der Waals surface area contributed by atoms with Gasteiger partial charge in [0, 0.05) is 12.6 Å². The van der Waals surface area contributed by atoms with Crippen LogP contribution >= 0.6 is 0 Å². The van der Waals surface area contributed by atoms with Gasteiger partial charge in [-0.1, -0.05) is 19.3 Å². The number of esters is 1. The van der Waals surface area contributed by atoms with Gasteiger partial charge < -0.3 is 19.6 Å². The highest BCUT2D eigenvalue weighted by Crippen LogP contribution is 2.24. The molecule has 2 atom stereocenters. The van der Waals surface area contributed by atoms with E-state index in [2.05, 4.69) is 5.32 Å². The summed E-state index contributed by atoms with van der Waals surface area (Å²) in [7, 11) is 1.37. The van der Waals surface area contributed by atoms with Gasteiger partial charge in [0.1, 0.15) is 17.1 Å². The maximum absolute atomic E-state index is 11.6. The van der Waals surface area contributed by atoms with Gasteiger partial charge in [0.15, 0.2) is 0 Å². The third-order valence-corrected chi connectivity index (χ3v) is 4.31. The van der Waals surface area contributed by atoms with Gasteiger partial charge in [-0.25, -0.2) is 4.79 Å². The van der Waals surface area contributed by atoms with Crippen LogP contribution in [0.4, 0.5) is 0 Å². The molecular formula is C16H25NO4. The summed E-state index contributed by atoms with van der Waals surface area (Å²) < 4.78 is 10.3.